The summed E-state index contributed by atoms with van der Waals surface area (Å²) in [5.74, 6) is 0. The zero-order valence-corrected chi connectivity index (χ0v) is 5.56. The van der Waals surface area contributed by atoms with E-state index in [-0.39, 0.29) is 40.4 Å². The molecule has 0 unspecified atom stereocenters. The topological polar surface area (TPSA) is 57.5 Å². The monoisotopic (exact) mass is 234 g/mol. The molecule has 0 spiro atoms. The van der Waals surface area contributed by atoms with Gasteiger partial charge in [-0.05, 0) is 0 Å². The van der Waals surface area contributed by atoms with Gasteiger partial charge < -0.3 is 0 Å². The first kappa shape index (κ1) is 9.64. The molecule has 2 N–H and O–H groups in total. The van der Waals surface area contributed by atoms with Crippen LogP contribution in [0.1, 0.15) is 0 Å². The van der Waals surface area contributed by atoms with E-state index in [1.54, 1.807) is 0 Å². The van der Waals surface area contributed by atoms with Gasteiger partial charge in [-0.3, -0.25) is 9.11 Å². The predicted octanol–water partition coefficient (Wildman–Crippen LogP) is -0.319. The number of hydrogen-bond acceptors (Lipinski definition) is 1. The van der Waals surface area contributed by atoms with E-state index in [4.69, 9.17) is 13.3 Å². The molecule has 0 amide bonds. The van der Waals surface area contributed by atoms with Crippen LogP contribution in [0, 0.1) is 40.4 Å². The molecule has 0 rings (SSSR count). The maximum atomic E-state index is 8.67. The molecule has 0 aromatic heterocycles. The molecule has 0 saturated carbocycles. The van der Waals surface area contributed by atoms with Crippen molar-refractivity contribution in [3.05, 3.63) is 0 Å². The summed E-state index contributed by atoms with van der Waals surface area (Å²) in [4.78, 5) is 0. The molecular weight excluding hydrogens is 230 g/mol. The molecule has 0 aliphatic rings. The largest absolute Gasteiger partial charge is 0.299 e. The molecule has 0 bridgehead atoms. The van der Waals surface area contributed by atoms with Crippen LogP contribution >= 0.6 is 0 Å². The Bertz CT molecular complexity index is 29.9. The summed E-state index contributed by atoms with van der Waals surface area (Å²) in [5.41, 5.74) is 0. The number of hydrogen-bond donors (Lipinski definition) is 2. The van der Waals surface area contributed by atoms with Crippen molar-refractivity contribution in [3.8, 4) is 0 Å². The van der Waals surface area contributed by atoms with Crippen molar-refractivity contribution in [1.82, 2.24) is 0 Å². The molecule has 0 aliphatic carbocycles. The van der Waals surface area contributed by atoms with Gasteiger partial charge in [0.15, 0.2) is 0 Å². The van der Waals surface area contributed by atoms with Gasteiger partial charge in [-0.25, -0.2) is 0 Å². The molecule has 0 aromatic rings. The minimum atomic E-state index is -2.61. The van der Waals surface area contributed by atoms with Crippen molar-refractivity contribution in [2.45, 2.75) is 0 Å². The second-order valence-electron chi connectivity index (χ2n) is 0.231. The Morgan fingerprint density at radius 3 is 1.40 bits per heavy atom. The molecule has 0 aromatic carbocycles. The van der Waals surface area contributed by atoms with E-state index in [0.29, 0.717) is 0 Å². The first-order valence-corrected chi connectivity index (χ1v) is 1.60. The Kier molecular flexibility index (Phi) is 10.4. The third-order valence-electron chi connectivity index (χ3n) is 0. The van der Waals surface area contributed by atoms with Crippen molar-refractivity contribution >= 4 is 11.4 Å². The molecule has 0 atom stereocenters. The second-order valence-corrected chi connectivity index (χ2v) is 0.692. The van der Waals surface area contributed by atoms with Crippen molar-refractivity contribution in [3.63, 3.8) is 0 Å². The van der Waals surface area contributed by atoms with E-state index in [1.165, 1.54) is 0 Å². The van der Waals surface area contributed by atoms with Gasteiger partial charge in [0.05, 0.1) is 0 Å². The summed E-state index contributed by atoms with van der Waals surface area (Å²) in [7, 11) is 0. The fraction of sp³-hybridized carbons (Fsp3) is 0. The van der Waals surface area contributed by atoms with Gasteiger partial charge in [-0.2, -0.15) is 4.21 Å². The molecule has 32 valence electrons. The van der Waals surface area contributed by atoms with E-state index >= 15 is 0 Å². The molecule has 0 heterocycles. The Morgan fingerprint density at radius 2 is 1.40 bits per heavy atom. The molecule has 0 radical (unpaired) electrons. The van der Waals surface area contributed by atoms with Gasteiger partial charge in [0.2, 0.25) is 0 Å². The van der Waals surface area contributed by atoms with Gasteiger partial charge >= 0.3 is 0 Å². The van der Waals surface area contributed by atoms with Crippen molar-refractivity contribution in [2.24, 2.45) is 0 Å². The van der Waals surface area contributed by atoms with Crippen LogP contribution in [0.4, 0.5) is 0 Å². The van der Waals surface area contributed by atoms with Crippen LogP contribution in [0.2, 0.25) is 0 Å². The van der Waals surface area contributed by atoms with Crippen LogP contribution in [0.3, 0.4) is 0 Å². The summed E-state index contributed by atoms with van der Waals surface area (Å²) in [5, 5.41) is 0. The maximum absolute atomic E-state index is 8.67. The molecule has 0 aliphatic heterocycles. The summed E-state index contributed by atoms with van der Waals surface area (Å²) in [6.07, 6.45) is 0. The quantitative estimate of drug-likeness (QED) is 0.563. The van der Waals surface area contributed by atoms with Gasteiger partial charge in [-0.1, -0.05) is 0 Å². The summed E-state index contributed by atoms with van der Waals surface area (Å²) in [6.45, 7) is 0. The van der Waals surface area contributed by atoms with Gasteiger partial charge in [0, 0.05) is 40.4 Å². The molecule has 5 heteroatoms. The van der Waals surface area contributed by atoms with Gasteiger partial charge in [0.25, 0.3) is 11.4 Å². The van der Waals surface area contributed by atoms with Crippen LogP contribution in [0.5, 0.6) is 0 Å². The van der Waals surface area contributed by atoms with E-state index in [0.717, 1.165) is 0 Å². The minimum absolute atomic E-state index is 0. The number of rotatable bonds is 0. The normalized spacial score (nSPS) is 7.00. The van der Waals surface area contributed by atoms with E-state index in [1.807, 2.05) is 0 Å². The SMILES string of the molecule is O=S(O)O.[Sm]. The molecule has 0 fully saturated rings. The van der Waals surface area contributed by atoms with Crippen LogP contribution in [0.15, 0.2) is 0 Å². The first-order chi connectivity index (χ1) is 1.73. The van der Waals surface area contributed by atoms with E-state index in [2.05, 4.69) is 0 Å². The van der Waals surface area contributed by atoms with Crippen LogP contribution in [0.25, 0.3) is 0 Å². The van der Waals surface area contributed by atoms with E-state index in [9.17, 15) is 0 Å². The average Bonchev–Trinajstić information content (AvgIpc) is 0.811. The van der Waals surface area contributed by atoms with Crippen LogP contribution in [-0.4, -0.2) is 13.3 Å². The van der Waals surface area contributed by atoms with E-state index < -0.39 is 11.4 Å². The first-order valence-electron chi connectivity index (χ1n) is 0.532. The fourth-order valence-corrected chi connectivity index (χ4v) is 0. The molecule has 5 heavy (non-hydrogen) atoms. The molecular formula is H2O3SSm. The standard InChI is InChI=1S/H2O3S.Sm/c1-4(2)3;/h(H2,1,2,3);. The van der Waals surface area contributed by atoms with Crippen LogP contribution < -0.4 is 0 Å². The average molecular weight is 232 g/mol. The smallest absolute Gasteiger partial charge is 0.284 e. The van der Waals surface area contributed by atoms with Gasteiger partial charge in [-0.15, -0.1) is 0 Å². The second kappa shape index (κ2) is 5.41. The zero-order chi connectivity index (χ0) is 3.58. The third-order valence-corrected chi connectivity index (χ3v) is 0. The minimum Gasteiger partial charge on any atom is -0.284 e. The third kappa shape index (κ3) is 31.7. The summed E-state index contributed by atoms with van der Waals surface area (Å²) < 4.78 is 22.8. The van der Waals surface area contributed by atoms with Crippen molar-refractivity contribution < 1.29 is 53.7 Å². The fourth-order valence-electron chi connectivity index (χ4n) is 0. The summed E-state index contributed by atoms with van der Waals surface area (Å²) in [6, 6.07) is 0. The Hall–Kier alpha value is 1.41. The Balaban J connectivity index is 0. The van der Waals surface area contributed by atoms with Gasteiger partial charge in [0.1, 0.15) is 0 Å². The summed E-state index contributed by atoms with van der Waals surface area (Å²) >= 11 is -2.61. The van der Waals surface area contributed by atoms with Crippen molar-refractivity contribution in [1.29, 1.82) is 0 Å². The predicted molar refractivity (Wildman–Crippen MR) is 13.4 cm³/mol. The Labute approximate surface area is 64.4 Å². The zero-order valence-electron chi connectivity index (χ0n) is 2.12. The molecule has 0 saturated heterocycles. The maximum Gasteiger partial charge on any atom is 0.299 e. The Morgan fingerprint density at radius 1 is 1.40 bits per heavy atom. The molecule has 3 nitrogen and oxygen atoms in total. The van der Waals surface area contributed by atoms with Crippen molar-refractivity contribution in [2.75, 3.05) is 0 Å². The van der Waals surface area contributed by atoms with Crippen LogP contribution in [-0.2, 0) is 11.4 Å².